The van der Waals surface area contributed by atoms with Crippen molar-refractivity contribution in [1.82, 2.24) is 4.90 Å². The van der Waals surface area contributed by atoms with E-state index in [2.05, 4.69) is 18.7 Å². The SMILES string of the molecule is CC(C)c1ccc(N2C(=O)CC(N3CCC4(CC3)OCCO4)C2=O)cc1. The third-order valence-corrected chi connectivity index (χ3v) is 5.75. The number of hydrogen-bond acceptors (Lipinski definition) is 5. The Morgan fingerprint density at radius 1 is 1.04 bits per heavy atom. The Morgan fingerprint density at radius 3 is 2.23 bits per heavy atom. The molecule has 0 aliphatic carbocycles. The summed E-state index contributed by atoms with van der Waals surface area (Å²) in [6.07, 6.45) is 1.74. The third kappa shape index (κ3) is 3.06. The second-order valence-corrected chi connectivity index (χ2v) is 7.68. The van der Waals surface area contributed by atoms with Gasteiger partial charge in [-0.15, -0.1) is 0 Å². The Morgan fingerprint density at radius 2 is 1.65 bits per heavy atom. The van der Waals surface area contributed by atoms with E-state index in [1.165, 1.54) is 10.5 Å². The first-order chi connectivity index (χ1) is 12.5. The number of rotatable bonds is 3. The largest absolute Gasteiger partial charge is 0.347 e. The van der Waals surface area contributed by atoms with Gasteiger partial charge in [0, 0.05) is 25.9 Å². The Bertz CT molecular complexity index is 684. The molecule has 0 N–H and O–H groups in total. The van der Waals surface area contributed by atoms with Gasteiger partial charge < -0.3 is 9.47 Å². The number of carbonyl (C=O) groups excluding carboxylic acids is 2. The Balaban J connectivity index is 1.45. The molecule has 0 radical (unpaired) electrons. The van der Waals surface area contributed by atoms with Crippen molar-refractivity contribution in [2.75, 3.05) is 31.2 Å². The normalized spacial score (nSPS) is 26.4. The van der Waals surface area contributed by atoms with Gasteiger partial charge in [0.05, 0.1) is 31.4 Å². The summed E-state index contributed by atoms with van der Waals surface area (Å²) in [5.74, 6) is -0.279. The number of likely N-dealkylation sites (tertiary alicyclic amines) is 1. The summed E-state index contributed by atoms with van der Waals surface area (Å²) in [7, 11) is 0. The molecule has 1 unspecified atom stereocenters. The van der Waals surface area contributed by atoms with Crippen LogP contribution in [0.15, 0.2) is 24.3 Å². The van der Waals surface area contributed by atoms with E-state index in [-0.39, 0.29) is 24.3 Å². The van der Waals surface area contributed by atoms with Crippen LogP contribution >= 0.6 is 0 Å². The van der Waals surface area contributed by atoms with E-state index in [4.69, 9.17) is 9.47 Å². The molecule has 4 rings (SSSR count). The van der Waals surface area contributed by atoms with Crippen LogP contribution in [-0.4, -0.2) is 54.8 Å². The Labute approximate surface area is 154 Å². The molecule has 0 bridgehead atoms. The first-order valence-corrected chi connectivity index (χ1v) is 9.48. The van der Waals surface area contributed by atoms with Gasteiger partial charge in [0.25, 0.3) is 5.91 Å². The lowest BCUT2D eigenvalue weighted by atomic mass is 10.0. The average molecular weight is 358 g/mol. The van der Waals surface area contributed by atoms with Gasteiger partial charge in [-0.2, -0.15) is 0 Å². The van der Waals surface area contributed by atoms with Gasteiger partial charge in [-0.3, -0.25) is 14.5 Å². The summed E-state index contributed by atoms with van der Waals surface area (Å²) in [4.78, 5) is 28.9. The number of carbonyl (C=O) groups is 2. The highest BCUT2D eigenvalue weighted by Gasteiger charge is 2.47. The second-order valence-electron chi connectivity index (χ2n) is 7.68. The van der Waals surface area contributed by atoms with Gasteiger partial charge in [-0.1, -0.05) is 26.0 Å². The summed E-state index contributed by atoms with van der Waals surface area (Å²) in [5, 5.41) is 0. The number of ether oxygens (including phenoxy) is 2. The number of benzene rings is 1. The minimum absolute atomic E-state index is 0.114. The molecule has 1 aromatic carbocycles. The van der Waals surface area contributed by atoms with Crippen LogP contribution < -0.4 is 4.90 Å². The molecule has 3 fully saturated rings. The molecular formula is C20H26N2O4. The summed E-state index contributed by atoms with van der Waals surface area (Å²) in [6, 6.07) is 7.37. The lowest BCUT2D eigenvalue weighted by Gasteiger charge is -2.39. The first kappa shape index (κ1) is 17.6. The second kappa shape index (κ2) is 6.76. The molecular weight excluding hydrogens is 332 g/mol. The Hall–Kier alpha value is -1.76. The number of imide groups is 1. The first-order valence-electron chi connectivity index (χ1n) is 9.48. The number of anilines is 1. The molecule has 140 valence electrons. The van der Waals surface area contributed by atoms with Crippen molar-refractivity contribution in [2.45, 2.75) is 50.9 Å². The van der Waals surface area contributed by atoms with Crippen LogP contribution in [0.2, 0.25) is 0 Å². The van der Waals surface area contributed by atoms with E-state index in [9.17, 15) is 9.59 Å². The fraction of sp³-hybridized carbons (Fsp3) is 0.600. The summed E-state index contributed by atoms with van der Waals surface area (Å²) in [6.45, 7) is 6.95. The summed E-state index contributed by atoms with van der Waals surface area (Å²) >= 11 is 0. The molecule has 6 nitrogen and oxygen atoms in total. The van der Waals surface area contributed by atoms with Crippen molar-refractivity contribution >= 4 is 17.5 Å². The average Bonchev–Trinajstić information content (AvgIpc) is 3.20. The van der Waals surface area contributed by atoms with Gasteiger partial charge in [-0.05, 0) is 23.6 Å². The molecule has 3 saturated heterocycles. The molecule has 3 aliphatic heterocycles. The van der Waals surface area contributed by atoms with Gasteiger partial charge in [0.1, 0.15) is 0 Å². The molecule has 1 aromatic rings. The van der Waals surface area contributed by atoms with E-state index in [1.54, 1.807) is 0 Å². The van der Waals surface area contributed by atoms with Crippen molar-refractivity contribution in [3.63, 3.8) is 0 Å². The van der Waals surface area contributed by atoms with E-state index in [0.717, 1.165) is 12.8 Å². The number of hydrogen-bond donors (Lipinski definition) is 0. The molecule has 0 aromatic heterocycles. The molecule has 1 atom stereocenters. The highest BCUT2D eigenvalue weighted by Crippen LogP contribution is 2.34. The maximum absolute atomic E-state index is 12.9. The van der Waals surface area contributed by atoms with Crippen LogP contribution in [0.25, 0.3) is 0 Å². The molecule has 26 heavy (non-hydrogen) atoms. The predicted molar refractivity (Wildman–Crippen MR) is 96.9 cm³/mol. The van der Waals surface area contributed by atoms with Crippen LogP contribution in [0.4, 0.5) is 5.69 Å². The van der Waals surface area contributed by atoms with Crippen molar-refractivity contribution in [3.05, 3.63) is 29.8 Å². The zero-order valence-corrected chi connectivity index (χ0v) is 15.4. The van der Waals surface area contributed by atoms with Crippen LogP contribution in [0.3, 0.4) is 0 Å². The number of amides is 2. The monoisotopic (exact) mass is 358 g/mol. The van der Waals surface area contributed by atoms with E-state index >= 15 is 0 Å². The van der Waals surface area contributed by atoms with Crippen molar-refractivity contribution < 1.29 is 19.1 Å². The smallest absolute Gasteiger partial charge is 0.251 e. The van der Waals surface area contributed by atoms with Gasteiger partial charge in [0.15, 0.2) is 5.79 Å². The molecule has 0 saturated carbocycles. The van der Waals surface area contributed by atoms with Crippen LogP contribution in [-0.2, 0) is 19.1 Å². The maximum atomic E-state index is 12.9. The lowest BCUT2D eigenvalue weighted by molar-refractivity contribution is -0.188. The van der Waals surface area contributed by atoms with Gasteiger partial charge in [0.2, 0.25) is 5.91 Å². The zero-order valence-electron chi connectivity index (χ0n) is 15.4. The zero-order chi connectivity index (χ0) is 18.3. The molecule has 3 heterocycles. The predicted octanol–water partition coefficient (Wildman–Crippen LogP) is 2.28. The molecule has 1 spiro atoms. The van der Waals surface area contributed by atoms with E-state index < -0.39 is 5.79 Å². The number of nitrogens with zero attached hydrogens (tertiary/aromatic N) is 2. The molecule has 6 heteroatoms. The molecule has 3 aliphatic rings. The summed E-state index contributed by atoms with van der Waals surface area (Å²) < 4.78 is 11.5. The quantitative estimate of drug-likeness (QED) is 0.776. The highest BCUT2D eigenvalue weighted by atomic mass is 16.7. The molecule has 2 amide bonds. The number of piperidine rings is 1. The standard InChI is InChI=1S/C20H26N2O4/c1-14(2)15-3-5-16(6-4-15)22-18(23)13-17(19(22)24)21-9-7-20(8-10-21)25-11-12-26-20/h3-6,14,17H,7-13H2,1-2H3. The lowest BCUT2D eigenvalue weighted by Crippen LogP contribution is -2.51. The van der Waals surface area contributed by atoms with Crippen LogP contribution in [0.5, 0.6) is 0 Å². The minimum atomic E-state index is -0.464. The van der Waals surface area contributed by atoms with E-state index in [0.29, 0.717) is 37.9 Å². The van der Waals surface area contributed by atoms with Crippen molar-refractivity contribution in [3.8, 4) is 0 Å². The highest BCUT2D eigenvalue weighted by molar-refractivity contribution is 6.22. The fourth-order valence-corrected chi connectivity index (χ4v) is 4.14. The fourth-order valence-electron chi connectivity index (χ4n) is 4.14. The van der Waals surface area contributed by atoms with Crippen molar-refractivity contribution in [2.24, 2.45) is 0 Å². The van der Waals surface area contributed by atoms with Crippen LogP contribution in [0, 0.1) is 0 Å². The third-order valence-electron chi connectivity index (χ3n) is 5.75. The van der Waals surface area contributed by atoms with Gasteiger partial charge in [-0.25, -0.2) is 4.90 Å². The van der Waals surface area contributed by atoms with Crippen LogP contribution in [0.1, 0.15) is 44.6 Å². The van der Waals surface area contributed by atoms with Gasteiger partial charge >= 0.3 is 0 Å². The minimum Gasteiger partial charge on any atom is -0.347 e. The van der Waals surface area contributed by atoms with Crippen molar-refractivity contribution in [1.29, 1.82) is 0 Å². The maximum Gasteiger partial charge on any atom is 0.251 e. The Kier molecular flexibility index (Phi) is 4.59. The summed E-state index contributed by atoms with van der Waals surface area (Å²) in [5.41, 5.74) is 1.87. The topological polar surface area (TPSA) is 59.1 Å². The van der Waals surface area contributed by atoms with E-state index in [1.807, 2.05) is 24.3 Å².